The van der Waals surface area contributed by atoms with Crippen LogP contribution in [0.2, 0.25) is 0 Å². The fourth-order valence-electron chi connectivity index (χ4n) is 1.72. The van der Waals surface area contributed by atoms with Crippen LogP contribution in [0.4, 0.5) is 0 Å². The topological polar surface area (TPSA) is 30.5 Å². The van der Waals surface area contributed by atoms with Gasteiger partial charge in [-0.15, -0.1) is 0 Å². The minimum absolute atomic E-state index is 0.601. The second-order valence-corrected chi connectivity index (χ2v) is 5.25. The zero-order chi connectivity index (χ0) is 9.52. The molecule has 0 aliphatic carbocycles. The summed E-state index contributed by atoms with van der Waals surface area (Å²) in [6.45, 7) is 2.37. The van der Waals surface area contributed by atoms with Crippen molar-refractivity contribution in [2.24, 2.45) is 5.92 Å². The molecule has 78 valence electrons. The maximum absolute atomic E-state index is 5.22. The number of hydrogen-bond donors (Lipinski definition) is 1. The Labute approximate surface area is 82.1 Å². The van der Waals surface area contributed by atoms with Crippen molar-refractivity contribution < 1.29 is 9.05 Å². The lowest BCUT2D eigenvalue weighted by molar-refractivity contribution is 0.325. The second kappa shape index (κ2) is 6.72. The molecular weight excluding hydrogens is 185 g/mol. The van der Waals surface area contributed by atoms with E-state index in [-0.39, 0.29) is 0 Å². The van der Waals surface area contributed by atoms with Crippen LogP contribution >= 0.6 is 8.38 Å². The van der Waals surface area contributed by atoms with E-state index in [1.165, 1.54) is 32.4 Å². The van der Waals surface area contributed by atoms with E-state index in [4.69, 9.17) is 9.05 Å². The minimum atomic E-state index is -0.601. The fourth-order valence-corrected chi connectivity index (χ4v) is 2.81. The molecule has 0 aromatic heterocycles. The minimum Gasteiger partial charge on any atom is -0.337 e. The van der Waals surface area contributed by atoms with Crippen LogP contribution in [0.5, 0.6) is 0 Å². The van der Waals surface area contributed by atoms with Crippen molar-refractivity contribution in [2.75, 3.05) is 33.5 Å². The summed E-state index contributed by atoms with van der Waals surface area (Å²) >= 11 is 0. The Bertz CT molecular complexity index is 125. The van der Waals surface area contributed by atoms with Gasteiger partial charge in [-0.05, 0) is 38.3 Å². The lowest BCUT2D eigenvalue weighted by atomic mass is 9.96. The summed E-state index contributed by atoms with van der Waals surface area (Å²) in [5.41, 5.74) is 0. The molecule has 1 rings (SSSR count). The lowest BCUT2D eigenvalue weighted by Crippen LogP contribution is -2.28. The van der Waals surface area contributed by atoms with E-state index in [9.17, 15) is 0 Å². The molecular formula is C9H20NO2P. The summed E-state index contributed by atoms with van der Waals surface area (Å²) in [4.78, 5) is 0. The SMILES string of the molecule is COP(CCC1CCNCC1)OC. The maximum atomic E-state index is 5.22. The van der Waals surface area contributed by atoms with Crippen molar-refractivity contribution >= 4 is 8.38 Å². The van der Waals surface area contributed by atoms with E-state index in [0.717, 1.165) is 12.1 Å². The number of hydrogen-bond acceptors (Lipinski definition) is 3. The molecule has 3 nitrogen and oxygen atoms in total. The molecule has 1 aliphatic heterocycles. The van der Waals surface area contributed by atoms with Crippen LogP contribution in [0.1, 0.15) is 19.3 Å². The van der Waals surface area contributed by atoms with E-state index >= 15 is 0 Å². The monoisotopic (exact) mass is 205 g/mol. The number of rotatable bonds is 5. The second-order valence-electron chi connectivity index (χ2n) is 3.40. The lowest BCUT2D eigenvalue weighted by Gasteiger charge is -2.23. The van der Waals surface area contributed by atoms with Crippen LogP contribution in [-0.4, -0.2) is 33.5 Å². The first kappa shape index (κ1) is 11.4. The van der Waals surface area contributed by atoms with Gasteiger partial charge in [-0.3, -0.25) is 0 Å². The molecule has 0 radical (unpaired) electrons. The van der Waals surface area contributed by atoms with Crippen molar-refractivity contribution in [2.45, 2.75) is 19.3 Å². The van der Waals surface area contributed by atoms with Crippen molar-refractivity contribution in [3.63, 3.8) is 0 Å². The molecule has 4 heteroatoms. The molecule has 0 atom stereocenters. The Balaban J connectivity index is 2.09. The predicted molar refractivity (Wildman–Crippen MR) is 56.0 cm³/mol. The van der Waals surface area contributed by atoms with E-state index in [1.54, 1.807) is 14.2 Å². The molecule has 0 saturated carbocycles. The quantitative estimate of drug-likeness (QED) is 0.696. The van der Waals surface area contributed by atoms with E-state index in [1.807, 2.05) is 0 Å². The third-order valence-corrected chi connectivity index (χ3v) is 4.02. The van der Waals surface area contributed by atoms with Gasteiger partial charge in [-0.1, -0.05) is 0 Å². The predicted octanol–water partition coefficient (Wildman–Crippen LogP) is 1.98. The first-order valence-electron chi connectivity index (χ1n) is 4.93. The normalized spacial score (nSPS) is 19.6. The Morgan fingerprint density at radius 1 is 1.23 bits per heavy atom. The summed E-state index contributed by atoms with van der Waals surface area (Å²) in [6, 6.07) is 0. The third-order valence-electron chi connectivity index (χ3n) is 2.59. The third kappa shape index (κ3) is 4.37. The molecule has 0 bridgehead atoms. The first-order valence-corrected chi connectivity index (χ1v) is 6.29. The van der Waals surface area contributed by atoms with Crippen LogP contribution < -0.4 is 5.32 Å². The summed E-state index contributed by atoms with van der Waals surface area (Å²) in [7, 11) is 2.87. The zero-order valence-electron chi connectivity index (χ0n) is 8.58. The van der Waals surface area contributed by atoms with Gasteiger partial charge in [0, 0.05) is 20.4 Å². The van der Waals surface area contributed by atoms with Crippen LogP contribution in [-0.2, 0) is 9.05 Å². The van der Waals surface area contributed by atoms with Gasteiger partial charge in [-0.25, -0.2) is 0 Å². The van der Waals surface area contributed by atoms with Crippen molar-refractivity contribution in [3.05, 3.63) is 0 Å². The molecule has 1 fully saturated rings. The van der Waals surface area contributed by atoms with Crippen molar-refractivity contribution in [3.8, 4) is 0 Å². The largest absolute Gasteiger partial charge is 0.337 e. The summed E-state index contributed by atoms with van der Waals surface area (Å²) in [5.74, 6) is 0.886. The molecule has 0 amide bonds. The van der Waals surface area contributed by atoms with Gasteiger partial charge in [0.2, 0.25) is 0 Å². The zero-order valence-corrected chi connectivity index (χ0v) is 9.48. The highest BCUT2D eigenvalue weighted by molar-refractivity contribution is 7.47. The fraction of sp³-hybridized carbons (Fsp3) is 1.00. The summed E-state index contributed by atoms with van der Waals surface area (Å²) in [6.07, 6.45) is 4.98. The van der Waals surface area contributed by atoms with Crippen LogP contribution in [0.15, 0.2) is 0 Å². The molecule has 1 aliphatic rings. The van der Waals surface area contributed by atoms with Gasteiger partial charge in [0.25, 0.3) is 0 Å². The molecule has 13 heavy (non-hydrogen) atoms. The van der Waals surface area contributed by atoms with Gasteiger partial charge in [0.05, 0.1) is 0 Å². The molecule has 0 unspecified atom stereocenters. The molecule has 1 saturated heterocycles. The van der Waals surface area contributed by atoms with Gasteiger partial charge in [-0.2, -0.15) is 0 Å². The number of nitrogens with one attached hydrogen (secondary N) is 1. The summed E-state index contributed by atoms with van der Waals surface area (Å²) < 4.78 is 10.4. The van der Waals surface area contributed by atoms with Crippen molar-refractivity contribution in [1.29, 1.82) is 0 Å². The van der Waals surface area contributed by atoms with Crippen LogP contribution in [0.25, 0.3) is 0 Å². The average molecular weight is 205 g/mol. The number of piperidine rings is 1. The van der Waals surface area contributed by atoms with Crippen molar-refractivity contribution in [1.82, 2.24) is 5.32 Å². The highest BCUT2D eigenvalue weighted by Crippen LogP contribution is 2.38. The highest BCUT2D eigenvalue weighted by atomic mass is 31.2. The Kier molecular flexibility index (Phi) is 5.88. The van der Waals surface area contributed by atoms with Gasteiger partial charge >= 0.3 is 0 Å². The molecule has 0 aromatic rings. The van der Waals surface area contributed by atoms with E-state index in [0.29, 0.717) is 0 Å². The standard InChI is InChI=1S/C9H20NO2P/c1-11-13(12-2)8-5-9-3-6-10-7-4-9/h9-10H,3-8H2,1-2H3. The van der Waals surface area contributed by atoms with Gasteiger partial charge < -0.3 is 14.4 Å². The van der Waals surface area contributed by atoms with Crippen LogP contribution in [0.3, 0.4) is 0 Å². The van der Waals surface area contributed by atoms with Gasteiger partial charge in [0.15, 0.2) is 8.38 Å². The van der Waals surface area contributed by atoms with Gasteiger partial charge in [0.1, 0.15) is 0 Å². The molecule has 1 N–H and O–H groups in total. The van der Waals surface area contributed by atoms with E-state index in [2.05, 4.69) is 5.32 Å². The Morgan fingerprint density at radius 3 is 2.38 bits per heavy atom. The van der Waals surface area contributed by atoms with Crippen LogP contribution in [0, 0.1) is 5.92 Å². The summed E-state index contributed by atoms with van der Waals surface area (Å²) in [5, 5.41) is 3.37. The maximum Gasteiger partial charge on any atom is 0.169 e. The highest BCUT2D eigenvalue weighted by Gasteiger charge is 2.15. The molecule has 1 heterocycles. The Morgan fingerprint density at radius 2 is 1.85 bits per heavy atom. The Hall–Kier alpha value is 0.310. The molecule has 0 aromatic carbocycles. The molecule has 0 spiro atoms. The average Bonchev–Trinajstić information content (AvgIpc) is 2.21. The van der Waals surface area contributed by atoms with E-state index < -0.39 is 8.38 Å². The smallest absolute Gasteiger partial charge is 0.169 e. The first-order chi connectivity index (χ1) is 6.36.